The van der Waals surface area contributed by atoms with Crippen LogP contribution in [0.3, 0.4) is 0 Å². The second-order valence-electron chi connectivity index (χ2n) is 19.9. The molecule has 0 radical (unpaired) electrons. The molecular weight excluding hydrogens is 879 g/mol. The number of benzene rings is 9. The molecule has 0 saturated carbocycles. The molecule has 13 aromatic rings. The van der Waals surface area contributed by atoms with E-state index in [1.165, 1.54) is 49.5 Å². The number of rotatable bonds is 6. The third-order valence-electron chi connectivity index (χ3n) is 15.6. The van der Waals surface area contributed by atoms with Gasteiger partial charge in [0.15, 0.2) is 11.6 Å². The molecule has 0 fully saturated rings. The van der Waals surface area contributed by atoms with E-state index in [9.17, 15) is 0 Å². The highest BCUT2D eigenvalue weighted by atomic mass is 16.3. The Bertz CT molecular complexity index is 4330. The second kappa shape index (κ2) is 15.4. The number of para-hydroxylation sites is 2. The first kappa shape index (κ1) is 40.7. The summed E-state index contributed by atoms with van der Waals surface area (Å²) < 4.78 is 11.3. The number of hydrogen-bond acceptors (Lipinski definition) is 4. The number of fused-ring (bicyclic) bond motifs is 12. The number of furan rings is 1. The fourth-order valence-corrected chi connectivity index (χ4v) is 12.3. The van der Waals surface area contributed by atoms with E-state index in [0.717, 1.165) is 78.6 Å². The van der Waals surface area contributed by atoms with Crippen LogP contribution in [-0.2, 0) is 11.8 Å². The van der Waals surface area contributed by atoms with Gasteiger partial charge in [-0.25, -0.2) is 4.98 Å². The van der Waals surface area contributed by atoms with Crippen LogP contribution in [0.15, 0.2) is 222 Å². The number of aromatic nitrogens is 5. The average Bonchev–Trinajstić information content (AvgIpc) is 4.15. The van der Waals surface area contributed by atoms with Gasteiger partial charge >= 0.3 is 0 Å². The van der Waals surface area contributed by atoms with Crippen molar-refractivity contribution in [3.63, 3.8) is 0 Å². The molecule has 4 heterocycles. The standard InChI is InChI=1S/C66H45N5O/c1-66(2)54-26-14-12-23-47(54)49-38-52-51-35-42(29-32-58(51)71(59(52)39-55(49)66)65-68-63(40-17-6-3-7-18-40)67-64(69-65)41-19-8-4-9-20-41)43-31-34-60-53(36-43)62-46(25-16-28-61(62)72-60)44-30-33-57-50(37-44)48-24-13-15-27-56(48)70(57)45-21-10-5-11-22-45/h3-37,39,49H,38H2,1-2H3. The van der Waals surface area contributed by atoms with Crippen LogP contribution in [0.25, 0.3) is 117 Å². The molecule has 15 rings (SSSR count). The maximum absolute atomic E-state index is 6.66. The zero-order chi connectivity index (χ0) is 47.7. The van der Waals surface area contributed by atoms with E-state index in [-0.39, 0.29) is 11.3 Å². The lowest BCUT2D eigenvalue weighted by Crippen LogP contribution is -2.20. The molecule has 1 unspecified atom stereocenters. The normalized spacial score (nSPS) is 14.8. The summed E-state index contributed by atoms with van der Waals surface area (Å²) in [7, 11) is 0. The first-order valence-electron chi connectivity index (χ1n) is 24.9. The van der Waals surface area contributed by atoms with Crippen LogP contribution in [0.2, 0.25) is 0 Å². The molecule has 9 aromatic carbocycles. The minimum Gasteiger partial charge on any atom is -0.456 e. The highest BCUT2D eigenvalue weighted by molar-refractivity contribution is 6.16. The van der Waals surface area contributed by atoms with E-state index in [4.69, 9.17) is 19.4 Å². The van der Waals surface area contributed by atoms with Crippen LogP contribution < -0.4 is 0 Å². The largest absolute Gasteiger partial charge is 0.456 e. The van der Waals surface area contributed by atoms with Crippen molar-refractivity contribution >= 4 is 60.7 Å². The van der Waals surface area contributed by atoms with Gasteiger partial charge < -0.3 is 8.98 Å². The maximum atomic E-state index is 6.66. The quantitative estimate of drug-likeness (QED) is 0.167. The predicted molar refractivity (Wildman–Crippen MR) is 294 cm³/mol. The lowest BCUT2D eigenvalue weighted by Gasteiger charge is -2.28. The molecule has 4 aromatic heterocycles. The molecule has 2 aliphatic carbocycles. The van der Waals surface area contributed by atoms with Gasteiger partial charge in [-0.2, -0.15) is 9.97 Å². The van der Waals surface area contributed by atoms with Crippen LogP contribution in [-0.4, -0.2) is 24.1 Å². The monoisotopic (exact) mass is 923 g/mol. The van der Waals surface area contributed by atoms with E-state index in [0.29, 0.717) is 17.6 Å². The van der Waals surface area contributed by atoms with Gasteiger partial charge in [0.2, 0.25) is 5.95 Å². The summed E-state index contributed by atoms with van der Waals surface area (Å²) in [5.74, 6) is 2.15. The van der Waals surface area contributed by atoms with E-state index >= 15 is 0 Å². The number of hydrogen-bond donors (Lipinski definition) is 0. The Hall–Kier alpha value is -9.13. The van der Waals surface area contributed by atoms with Crippen molar-refractivity contribution < 1.29 is 4.42 Å². The molecule has 0 N–H and O–H groups in total. The summed E-state index contributed by atoms with van der Waals surface area (Å²) in [5.41, 5.74) is 19.3. The molecule has 0 aliphatic heterocycles. The lowest BCUT2D eigenvalue weighted by molar-refractivity contribution is 0.613. The molecule has 1 atom stereocenters. The highest BCUT2D eigenvalue weighted by Gasteiger charge is 2.44. The summed E-state index contributed by atoms with van der Waals surface area (Å²) >= 11 is 0. The Balaban J connectivity index is 0.917. The summed E-state index contributed by atoms with van der Waals surface area (Å²) in [4.78, 5) is 15.7. The molecule has 0 saturated heterocycles. The average molecular weight is 924 g/mol. The van der Waals surface area contributed by atoms with Crippen molar-refractivity contribution in [3.05, 3.63) is 240 Å². The van der Waals surface area contributed by atoms with E-state index in [1.807, 2.05) is 36.4 Å². The minimum absolute atomic E-state index is 0.136. The maximum Gasteiger partial charge on any atom is 0.238 e. The molecule has 6 nitrogen and oxygen atoms in total. The topological polar surface area (TPSA) is 61.7 Å². The molecule has 72 heavy (non-hydrogen) atoms. The molecule has 0 amide bonds. The molecule has 0 spiro atoms. The predicted octanol–water partition coefficient (Wildman–Crippen LogP) is 16.5. The molecule has 6 heteroatoms. The SMILES string of the molecule is CC1(C)C2=Cc3c(c4cc(-c5ccc6oc7cccc(-c8ccc9c(c8)c8ccccc8n9-c8ccccc8)c7c6c5)ccc4n3-c3nc(-c4ccccc4)nc(-c4ccccc4)n3)CC2c2ccccc21. The van der Waals surface area contributed by atoms with Crippen molar-refractivity contribution in [2.75, 3.05) is 0 Å². The van der Waals surface area contributed by atoms with Crippen LogP contribution in [0.1, 0.15) is 42.1 Å². The third kappa shape index (κ3) is 6.05. The van der Waals surface area contributed by atoms with Crippen LogP contribution in [0, 0.1) is 0 Å². The lowest BCUT2D eigenvalue weighted by atomic mass is 9.76. The van der Waals surface area contributed by atoms with Gasteiger partial charge in [-0.05, 0) is 112 Å². The summed E-state index contributed by atoms with van der Waals surface area (Å²) in [6, 6.07) is 75.8. The molecule has 340 valence electrons. The third-order valence-corrected chi connectivity index (χ3v) is 15.6. The minimum atomic E-state index is -0.136. The Kier molecular flexibility index (Phi) is 8.73. The smallest absolute Gasteiger partial charge is 0.238 e. The van der Waals surface area contributed by atoms with Crippen LogP contribution >= 0.6 is 0 Å². The van der Waals surface area contributed by atoms with Crippen LogP contribution in [0.4, 0.5) is 0 Å². The zero-order valence-electron chi connectivity index (χ0n) is 39.7. The Morgan fingerprint density at radius 3 is 1.85 bits per heavy atom. The number of nitrogens with zero attached hydrogens (tertiary/aromatic N) is 5. The molecular formula is C66H45N5O. The zero-order valence-corrected chi connectivity index (χ0v) is 39.7. The van der Waals surface area contributed by atoms with Gasteiger partial charge in [-0.15, -0.1) is 0 Å². The van der Waals surface area contributed by atoms with Gasteiger partial charge in [0.1, 0.15) is 11.2 Å². The van der Waals surface area contributed by atoms with Gasteiger partial charge in [0.05, 0.1) is 22.2 Å². The summed E-state index contributed by atoms with van der Waals surface area (Å²) in [5, 5.41) is 5.85. The summed E-state index contributed by atoms with van der Waals surface area (Å²) in [6.07, 6.45) is 3.33. The van der Waals surface area contributed by atoms with Crippen molar-refractivity contribution in [1.82, 2.24) is 24.1 Å². The van der Waals surface area contributed by atoms with E-state index < -0.39 is 0 Å². The Morgan fingerprint density at radius 1 is 0.472 bits per heavy atom. The first-order chi connectivity index (χ1) is 35.4. The highest BCUT2D eigenvalue weighted by Crippen LogP contribution is 2.55. The van der Waals surface area contributed by atoms with Crippen molar-refractivity contribution in [3.8, 4) is 56.7 Å². The molecule has 2 aliphatic rings. The van der Waals surface area contributed by atoms with Gasteiger partial charge in [-0.3, -0.25) is 4.57 Å². The van der Waals surface area contributed by atoms with Crippen molar-refractivity contribution in [2.24, 2.45) is 0 Å². The van der Waals surface area contributed by atoms with Crippen molar-refractivity contribution in [2.45, 2.75) is 31.6 Å². The van der Waals surface area contributed by atoms with E-state index in [1.54, 1.807) is 0 Å². The van der Waals surface area contributed by atoms with Gasteiger partial charge in [0.25, 0.3) is 0 Å². The van der Waals surface area contributed by atoms with Gasteiger partial charge in [0, 0.05) is 55.1 Å². The molecule has 0 bridgehead atoms. The fourth-order valence-electron chi connectivity index (χ4n) is 12.3. The van der Waals surface area contributed by atoms with E-state index in [2.05, 4.69) is 205 Å². The van der Waals surface area contributed by atoms with Crippen molar-refractivity contribution in [1.29, 1.82) is 0 Å². The fraction of sp³-hybridized carbons (Fsp3) is 0.0758. The van der Waals surface area contributed by atoms with Crippen LogP contribution in [0.5, 0.6) is 0 Å². The Morgan fingerprint density at radius 2 is 1.08 bits per heavy atom. The summed E-state index contributed by atoms with van der Waals surface area (Å²) in [6.45, 7) is 4.75. The Labute approximate surface area is 415 Å². The second-order valence-corrected chi connectivity index (χ2v) is 19.9. The first-order valence-corrected chi connectivity index (χ1v) is 24.9. The van der Waals surface area contributed by atoms with Gasteiger partial charge in [-0.1, -0.05) is 171 Å². The number of allylic oxidation sites excluding steroid dienone is 1.